The van der Waals surface area contributed by atoms with Crippen molar-refractivity contribution >= 4 is 5.69 Å². The van der Waals surface area contributed by atoms with Gasteiger partial charge in [-0.05, 0) is 37.8 Å². The topological polar surface area (TPSA) is 28.2 Å². The summed E-state index contributed by atoms with van der Waals surface area (Å²) in [4.78, 5) is 6.57. The van der Waals surface area contributed by atoms with Gasteiger partial charge < -0.3 is 10.2 Å². The van der Waals surface area contributed by atoms with Gasteiger partial charge in [0.05, 0.1) is 0 Å². The quantitative estimate of drug-likeness (QED) is 0.861. The molecule has 0 spiro atoms. The Kier molecular flexibility index (Phi) is 5.84. The first-order valence-corrected chi connectivity index (χ1v) is 8.15. The van der Waals surface area contributed by atoms with Crippen LogP contribution < -0.4 is 10.2 Å². The summed E-state index contributed by atoms with van der Waals surface area (Å²) >= 11 is 0. The van der Waals surface area contributed by atoms with Crippen LogP contribution in [0.1, 0.15) is 46.5 Å². The molecule has 1 N–H and O–H groups in total. The molecule has 112 valence electrons. The van der Waals surface area contributed by atoms with E-state index in [0.717, 1.165) is 19.0 Å². The fourth-order valence-electron chi connectivity index (χ4n) is 3.36. The van der Waals surface area contributed by atoms with Gasteiger partial charge in [0.2, 0.25) is 0 Å². The first kappa shape index (κ1) is 15.3. The van der Waals surface area contributed by atoms with E-state index >= 15 is 0 Å². The maximum absolute atomic E-state index is 4.09. The van der Waals surface area contributed by atoms with Gasteiger partial charge in [-0.3, -0.25) is 4.98 Å². The standard InChI is InChI=1S/C17H29N3/c1-4-15(5-2)14(3)19-16-8-12-20(13-9-16)17-6-10-18-11-7-17/h6-7,10-11,14-16,19H,4-5,8-9,12-13H2,1-3H3. The molecule has 0 aromatic carbocycles. The van der Waals surface area contributed by atoms with Gasteiger partial charge in [-0.1, -0.05) is 26.7 Å². The number of nitrogens with one attached hydrogen (secondary N) is 1. The van der Waals surface area contributed by atoms with Crippen LogP contribution >= 0.6 is 0 Å². The van der Waals surface area contributed by atoms with E-state index < -0.39 is 0 Å². The highest BCUT2D eigenvalue weighted by molar-refractivity contribution is 5.44. The summed E-state index contributed by atoms with van der Waals surface area (Å²) in [5, 5.41) is 3.85. The van der Waals surface area contributed by atoms with Crippen LogP contribution in [0.4, 0.5) is 5.69 Å². The number of piperidine rings is 1. The van der Waals surface area contributed by atoms with Crippen molar-refractivity contribution in [3.8, 4) is 0 Å². The molecule has 0 bridgehead atoms. The van der Waals surface area contributed by atoms with Crippen LogP contribution in [0.5, 0.6) is 0 Å². The van der Waals surface area contributed by atoms with Crippen LogP contribution in [0.25, 0.3) is 0 Å². The molecule has 20 heavy (non-hydrogen) atoms. The molecule has 0 aliphatic carbocycles. The third-order valence-electron chi connectivity index (χ3n) is 4.78. The fraction of sp³-hybridized carbons (Fsp3) is 0.706. The Morgan fingerprint density at radius 2 is 1.80 bits per heavy atom. The lowest BCUT2D eigenvalue weighted by Crippen LogP contribution is -2.47. The molecule has 1 fully saturated rings. The molecule has 0 amide bonds. The van der Waals surface area contributed by atoms with E-state index in [1.54, 1.807) is 0 Å². The first-order valence-electron chi connectivity index (χ1n) is 8.15. The molecule has 2 rings (SSSR count). The summed E-state index contributed by atoms with van der Waals surface area (Å²) < 4.78 is 0. The van der Waals surface area contributed by atoms with Crippen LogP contribution in [-0.2, 0) is 0 Å². The molecule has 2 heterocycles. The SMILES string of the molecule is CCC(CC)C(C)NC1CCN(c2ccncc2)CC1. The van der Waals surface area contributed by atoms with Crippen molar-refractivity contribution in [2.24, 2.45) is 5.92 Å². The second kappa shape index (κ2) is 7.63. The average molecular weight is 275 g/mol. The highest BCUT2D eigenvalue weighted by atomic mass is 15.1. The van der Waals surface area contributed by atoms with Crippen LogP contribution in [0, 0.1) is 5.92 Å². The van der Waals surface area contributed by atoms with E-state index in [0.29, 0.717) is 12.1 Å². The normalized spacial score (nSPS) is 18.5. The van der Waals surface area contributed by atoms with Crippen molar-refractivity contribution < 1.29 is 0 Å². The lowest BCUT2D eigenvalue weighted by atomic mass is 9.93. The Balaban J connectivity index is 1.80. The zero-order valence-corrected chi connectivity index (χ0v) is 13.2. The van der Waals surface area contributed by atoms with Crippen molar-refractivity contribution in [2.75, 3.05) is 18.0 Å². The summed E-state index contributed by atoms with van der Waals surface area (Å²) in [6.45, 7) is 9.26. The number of aromatic nitrogens is 1. The minimum absolute atomic E-state index is 0.641. The van der Waals surface area contributed by atoms with Crippen LogP contribution in [0.3, 0.4) is 0 Å². The number of pyridine rings is 1. The monoisotopic (exact) mass is 275 g/mol. The predicted octanol–water partition coefficient (Wildman–Crippen LogP) is 3.46. The van der Waals surface area contributed by atoms with Gasteiger partial charge >= 0.3 is 0 Å². The van der Waals surface area contributed by atoms with Crippen molar-refractivity contribution in [3.05, 3.63) is 24.5 Å². The third-order valence-corrected chi connectivity index (χ3v) is 4.78. The minimum Gasteiger partial charge on any atom is -0.371 e. The van der Waals surface area contributed by atoms with E-state index in [9.17, 15) is 0 Å². The molecule has 0 radical (unpaired) electrons. The largest absolute Gasteiger partial charge is 0.371 e. The van der Waals surface area contributed by atoms with Gasteiger partial charge in [0.15, 0.2) is 0 Å². The minimum atomic E-state index is 0.641. The maximum atomic E-state index is 4.09. The molecule has 0 saturated carbocycles. The second-order valence-corrected chi connectivity index (χ2v) is 6.00. The first-order chi connectivity index (χ1) is 9.74. The molecule has 1 aromatic rings. The van der Waals surface area contributed by atoms with E-state index in [1.165, 1.54) is 31.4 Å². The Hall–Kier alpha value is -1.09. The number of hydrogen-bond acceptors (Lipinski definition) is 3. The number of rotatable bonds is 6. The summed E-state index contributed by atoms with van der Waals surface area (Å²) in [6.07, 6.45) is 8.81. The fourth-order valence-corrected chi connectivity index (χ4v) is 3.36. The Morgan fingerprint density at radius 1 is 1.20 bits per heavy atom. The molecule has 1 aliphatic rings. The Bertz CT molecular complexity index is 367. The van der Waals surface area contributed by atoms with Crippen LogP contribution in [0.2, 0.25) is 0 Å². The molecule has 3 heteroatoms. The predicted molar refractivity (Wildman–Crippen MR) is 86.1 cm³/mol. The molecule has 1 aromatic heterocycles. The molecular weight excluding hydrogens is 246 g/mol. The highest BCUT2D eigenvalue weighted by Crippen LogP contribution is 2.20. The zero-order valence-electron chi connectivity index (χ0n) is 13.2. The van der Waals surface area contributed by atoms with E-state index in [-0.39, 0.29) is 0 Å². The van der Waals surface area contributed by atoms with Crippen molar-refractivity contribution in [1.82, 2.24) is 10.3 Å². The van der Waals surface area contributed by atoms with Gasteiger partial charge in [-0.25, -0.2) is 0 Å². The lowest BCUT2D eigenvalue weighted by molar-refractivity contribution is 0.296. The average Bonchev–Trinajstić information content (AvgIpc) is 2.50. The molecule has 1 atom stereocenters. The molecular formula is C17H29N3. The van der Waals surface area contributed by atoms with E-state index in [1.807, 2.05) is 12.4 Å². The molecule has 1 aliphatic heterocycles. The number of nitrogens with zero attached hydrogens (tertiary/aromatic N) is 2. The van der Waals surface area contributed by atoms with Crippen molar-refractivity contribution in [3.63, 3.8) is 0 Å². The third kappa shape index (κ3) is 3.95. The van der Waals surface area contributed by atoms with Crippen LogP contribution in [0.15, 0.2) is 24.5 Å². The van der Waals surface area contributed by atoms with Gasteiger partial charge in [-0.15, -0.1) is 0 Å². The van der Waals surface area contributed by atoms with Gasteiger partial charge in [-0.2, -0.15) is 0 Å². The zero-order chi connectivity index (χ0) is 14.4. The number of anilines is 1. The van der Waals surface area contributed by atoms with Gasteiger partial charge in [0, 0.05) is 43.3 Å². The van der Waals surface area contributed by atoms with Crippen molar-refractivity contribution in [2.45, 2.75) is 58.5 Å². The number of hydrogen-bond donors (Lipinski definition) is 1. The lowest BCUT2D eigenvalue weighted by Gasteiger charge is -2.36. The molecule has 1 saturated heterocycles. The molecule has 1 unspecified atom stereocenters. The Morgan fingerprint density at radius 3 is 2.35 bits per heavy atom. The van der Waals surface area contributed by atoms with E-state index in [2.05, 4.69) is 48.1 Å². The van der Waals surface area contributed by atoms with E-state index in [4.69, 9.17) is 0 Å². The maximum Gasteiger partial charge on any atom is 0.0397 e. The Labute approximate surface area is 123 Å². The second-order valence-electron chi connectivity index (χ2n) is 6.00. The summed E-state index contributed by atoms with van der Waals surface area (Å²) in [7, 11) is 0. The van der Waals surface area contributed by atoms with Crippen molar-refractivity contribution in [1.29, 1.82) is 0 Å². The summed E-state index contributed by atoms with van der Waals surface area (Å²) in [5.74, 6) is 0.813. The van der Waals surface area contributed by atoms with Gasteiger partial charge in [0.1, 0.15) is 0 Å². The molecule has 3 nitrogen and oxygen atoms in total. The van der Waals surface area contributed by atoms with Crippen LogP contribution in [-0.4, -0.2) is 30.2 Å². The summed E-state index contributed by atoms with van der Waals surface area (Å²) in [5.41, 5.74) is 1.31. The van der Waals surface area contributed by atoms with Gasteiger partial charge in [0.25, 0.3) is 0 Å². The highest BCUT2D eigenvalue weighted by Gasteiger charge is 2.22. The smallest absolute Gasteiger partial charge is 0.0397 e. The summed E-state index contributed by atoms with van der Waals surface area (Å²) in [6, 6.07) is 5.55.